The second-order valence-corrected chi connectivity index (χ2v) is 8.39. The van der Waals surface area contributed by atoms with E-state index in [1.54, 1.807) is 18.6 Å². The van der Waals surface area contributed by atoms with E-state index in [1.807, 2.05) is 23.1 Å². The summed E-state index contributed by atoms with van der Waals surface area (Å²) in [7, 11) is 0. The maximum absolute atomic E-state index is 10.0. The summed E-state index contributed by atoms with van der Waals surface area (Å²) >= 11 is 6.25. The third kappa shape index (κ3) is 6.58. The average Bonchev–Trinajstić information content (AvgIpc) is 2.77. The molecule has 170 valence electrons. The second-order valence-electron chi connectivity index (χ2n) is 7.95. The third-order valence-corrected chi connectivity index (χ3v) is 5.89. The summed E-state index contributed by atoms with van der Waals surface area (Å²) < 4.78 is 0. The maximum Gasteiger partial charge on any atom is 0.109 e. The largest absolute Gasteiger partial charge is 0.395 e. The van der Waals surface area contributed by atoms with Crippen LogP contribution in [0.1, 0.15) is 25.7 Å². The maximum atomic E-state index is 10.0. The number of likely N-dealkylation sites (tertiary alicyclic amines) is 1. The Morgan fingerprint density at radius 2 is 1.84 bits per heavy atom. The molecule has 1 aromatic carbocycles. The van der Waals surface area contributed by atoms with Crippen LogP contribution in [0.5, 0.6) is 0 Å². The van der Waals surface area contributed by atoms with Gasteiger partial charge in [-0.3, -0.25) is 14.9 Å². The number of hydrogen-bond donors (Lipinski definition) is 5. The van der Waals surface area contributed by atoms with Crippen molar-refractivity contribution in [3.05, 3.63) is 41.8 Å². The standard InChI is InChI=1S/C22H31ClN4O4/c23-16-9-15(18-12-24-6-7-26-18)10-17(11-16)25-5-3-1-2-4-8-27-13-20(29)22(31)21(30)19(27)14-28/h6-7,9-12,19-22,25,28-31H,1-5,8,13-14H2/t19-,20+,21-,22-/m1/s1. The fourth-order valence-electron chi connectivity index (χ4n) is 3.95. The van der Waals surface area contributed by atoms with E-state index in [4.69, 9.17) is 11.6 Å². The molecule has 2 heterocycles. The van der Waals surface area contributed by atoms with Crippen molar-refractivity contribution in [3.8, 4) is 11.3 Å². The monoisotopic (exact) mass is 450 g/mol. The highest BCUT2D eigenvalue weighted by Gasteiger charge is 2.40. The Bertz CT molecular complexity index is 813. The predicted molar refractivity (Wildman–Crippen MR) is 120 cm³/mol. The first-order chi connectivity index (χ1) is 15.0. The number of benzene rings is 1. The Morgan fingerprint density at radius 1 is 1.03 bits per heavy atom. The number of halogens is 1. The quantitative estimate of drug-likeness (QED) is 0.345. The van der Waals surface area contributed by atoms with E-state index in [1.165, 1.54) is 0 Å². The zero-order chi connectivity index (χ0) is 22.2. The lowest BCUT2D eigenvalue weighted by atomic mass is 9.94. The third-order valence-electron chi connectivity index (χ3n) is 5.67. The topological polar surface area (TPSA) is 122 Å². The zero-order valence-corrected chi connectivity index (χ0v) is 18.2. The van der Waals surface area contributed by atoms with E-state index in [9.17, 15) is 20.4 Å². The number of aromatic nitrogens is 2. The highest BCUT2D eigenvalue weighted by atomic mass is 35.5. The fraction of sp³-hybridized carbons (Fsp3) is 0.545. The van der Waals surface area contributed by atoms with E-state index in [-0.39, 0.29) is 13.2 Å². The van der Waals surface area contributed by atoms with E-state index >= 15 is 0 Å². The van der Waals surface area contributed by atoms with Crippen molar-refractivity contribution in [1.82, 2.24) is 14.9 Å². The summed E-state index contributed by atoms with van der Waals surface area (Å²) in [4.78, 5) is 10.3. The van der Waals surface area contributed by atoms with Crippen LogP contribution >= 0.6 is 11.6 Å². The van der Waals surface area contributed by atoms with E-state index in [2.05, 4.69) is 15.3 Å². The van der Waals surface area contributed by atoms with Gasteiger partial charge in [0, 0.05) is 41.8 Å². The van der Waals surface area contributed by atoms with Crippen molar-refractivity contribution in [3.63, 3.8) is 0 Å². The Kier molecular flexibility index (Phi) is 9.01. The van der Waals surface area contributed by atoms with Crippen molar-refractivity contribution < 1.29 is 20.4 Å². The lowest BCUT2D eigenvalue weighted by Gasteiger charge is -2.43. The van der Waals surface area contributed by atoms with Crippen LogP contribution in [0.15, 0.2) is 36.8 Å². The van der Waals surface area contributed by atoms with Crippen LogP contribution in [0.25, 0.3) is 11.3 Å². The number of piperidine rings is 1. The molecule has 0 aliphatic carbocycles. The minimum Gasteiger partial charge on any atom is -0.395 e. The zero-order valence-electron chi connectivity index (χ0n) is 17.4. The first-order valence-electron chi connectivity index (χ1n) is 10.7. The Morgan fingerprint density at radius 3 is 2.58 bits per heavy atom. The van der Waals surface area contributed by atoms with Crippen molar-refractivity contribution >= 4 is 17.3 Å². The van der Waals surface area contributed by atoms with Crippen LogP contribution in [0.2, 0.25) is 5.02 Å². The van der Waals surface area contributed by atoms with Gasteiger partial charge in [0.05, 0.1) is 30.6 Å². The van der Waals surface area contributed by atoms with Crippen LogP contribution in [0, 0.1) is 0 Å². The molecule has 3 rings (SSSR count). The molecule has 0 saturated carbocycles. The molecule has 0 amide bonds. The van der Waals surface area contributed by atoms with Gasteiger partial charge < -0.3 is 25.7 Å². The number of hydrogen-bond acceptors (Lipinski definition) is 8. The number of unbranched alkanes of at least 4 members (excludes halogenated alkanes) is 3. The summed E-state index contributed by atoms with van der Waals surface area (Å²) in [6.07, 6.45) is 5.55. The molecule has 1 aliphatic heterocycles. The van der Waals surface area contributed by atoms with Crippen molar-refractivity contribution in [2.45, 2.75) is 50.0 Å². The summed E-state index contributed by atoms with van der Waals surface area (Å²) in [5, 5.41) is 43.2. The molecule has 31 heavy (non-hydrogen) atoms. The molecule has 5 N–H and O–H groups in total. The molecule has 0 unspecified atom stereocenters. The minimum atomic E-state index is -1.21. The van der Waals surface area contributed by atoms with Crippen LogP contribution in [-0.2, 0) is 0 Å². The summed E-state index contributed by atoms with van der Waals surface area (Å²) in [6, 6.07) is 5.22. The molecule has 1 aromatic heterocycles. The van der Waals surface area contributed by atoms with Gasteiger partial charge in [-0.25, -0.2) is 0 Å². The number of aliphatic hydroxyl groups is 4. The number of aliphatic hydroxyl groups excluding tert-OH is 4. The molecule has 0 spiro atoms. The molecule has 1 fully saturated rings. The van der Waals surface area contributed by atoms with Crippen molar-refractivity contribution in [2.24, 2.45) is 0 Å². The van der Waals surface area contributed by atoms with Gasteiger partial charge in [0.15, 0.2) is 0 Å². The van der Waals surface area contributed by atoms with Gasteiger partial charge in [-0.2, -0.15) is 0 Å². The van der Waals surface area contributed by atoms with Gasteiger partial charge in [0.25, 0.3) is 0 Å². The van der Waals surface area contributed by atoms with Gasteiger partial charge in [0.1, 0.15) is 12.2 Å². The Labute approximate surface area is 187 Å². The smallest absolute Gasteiger partial charge is 0.109 e. The van der Waals surface area contributed by atoms with E-state index in [0.717, 1.165) is 49.2 Å². The van der Waals surface area contributed by atoms with Crippen molar-refractivity contribution in [1.29, 1.82) is 0 Å². The Hall–Kier alpha value is -1.81. The van der Waals surface area contributed by atoms with Crippen LogP contribution in [-0.4, -0.2) is 85.9 Å². The number of β-amino-alcohol motifs (C(OH)–C–C–N with tert-alkyl or cyclic N) is 1. The molecular formula is C22H31ClN4O4. The number of nitrogens with one attached hydrogen (secondary N) is 1. The Balaban J connectivity index is 1.38. The molecule has 0 radical (unpaired) electrons. The van der Waals surface area contributed by atoms with Crippen LogP contribution in [0.3, 0.4) is 0 Å². The first kappa shape index (κ1) is 23.8. The van der Waals surface area contributed by atoms with Crippen LogP contribution in [0.4, 0.5) is 5.69 Å². The molecule has 1 aliphatic rings. The molecule has 8 nitrogen and oxygen atoms in total. The summed E-state index contributed by atoms with van der Waals surface area (Å²) in [5.74, 6) is 0. The second kappa shape index (κ2) is 11.7. The number of nitrogens with zero attached hydrogens (tertiary/aromatic N) is 3. The van der Waals surface area contributed by atoms with Crippen LogP contribution < -0.4 is 5.32 Å². The summed E-state index contributed by atoms with van der Waals surface area (Å²) in [6.45, 7) is 1.49. The number of rotatable bonds is 10. The van der Waals surface area contributed by atoms with Gasteiger partial charge in [-0.1, -0.05) is 24.4 Å². The van der Waals surface area contributed by atoms with Gasteiger partial charge in [-0.15, -0.1) is 0 Å². The fourth-order valence-corrected chi connectivity index (χ4v) is 4.18. The lowest BCUT2D eigenvalue weighted by molar-refractivity contribution is -0.145. The number of anilines is 1. The van der Waals surface area contributed by atoms with E-state index < -0.39 is 24.4 Å². The highest BCUT2D eigenvalue weighted by molar-refractivity contribution is 6.31. The van der Waals surface area contributed by atoms with E-state index in [0.29, 0.717) is 11.6 Å². The minimum absolute atomic E-state index is 0.245. The lowest BCUT2D eigenvalue weighted by Crippen LogP contribution is -2.62. The molecule has 9 heteroatoms. The van der Waals surface area contributed by atoms with Gasteiger partial charge >= 0.3 is 0 Å². The predicted octanol–water partition coefficient (Wildman–Crippen LogP) is 1.53. The molecule has 2 aromatic rings. The molecular weight excluding hydrogens is 420 g/mol. The normalized spacial score (nSPS) is 24.3. The van der Waals surface area contributed by atoms with Crippen molar-refractivity contribution in [2.75, 3.05) is 31.6 Å². The highest BCUT2D eigenvalue weighted by Crippen LogP contribution is 2.26. The molecule has 0 bridgehead atoms. The first-order valence-corrected chi connectivity index (χ1v) is 11.1. The summed E-state index contributed by atoms with van der Waals surface area (Å²) in [5.41, 5.74) is 2.63. The van der Waals surface area contributed by atoms with Gasteiger partial charge in [0.2, 0.25) is 0 Å². The SMILES string of the molecule is OC[C@@H]1[C@@H](O)[C@H](O)[C@@H](O)CN1CCCCCCNc1cc(Cl)cc(-c2cnccn2)c1. The van der Waals surface area contributed by atoms with Gasteiger partial charge in [-0.05, 0) is 37.6 Å². The molecule has 4 atom stereocenters. The molecule has 1 saturated heterocycles. The average molecular weight is 451 g/mol.